The Hall–Kier alpha value is -2.42. The van der Waals surface area contributed by atoms with E-state index in [9.17, 15) is 9.59 Å². The van der Waals surface area contributed by atoms with Gasteiger partial charge in [-0.15, -0.1) is 5.10 Å². The Kier molecular flexibility index (Phi) is 6.51. The number of thioether (sulfide) groups is 1. The van der Waals surface area contributed by atoms with Gasteiger partial charge in [-0.05, 0) is 24.1 Å². The molecule has 2 aromatic rings. The standard InChI is InChI=1S/C16H22N4O4S/c1-4-7-19-15(25-10-14(17)21)18-20(16(19)22)9-11-5-6-12(23-2)13(8-11)24-3/h5-6,8H,4,7,9-10H2,1-3H3,(H2,17,21). The first-order chi connectivity index (χ1) is 12.0. The lowest BCUT2D eigenvalue weighted by Crippen LogP contribution is -2.25. The average molecular weight is 366 g/mol. The summed E-state index contributed by atoms with van der Waals surface area (Å²) < 4.78 is 13.4. The Morgan fingerprint density at radius 3 is 2.60 bits per heavy atom. The van der Waals surface area contributed by atoms with Crippen molar-refractivity contribution in [2.45, 2.75) is 31.6 Å². The first-order valence-electron chi connectivity index (χ1n) is 7.79. The highest BCUT2D eigenvalue weighted by Gasteiger charge is 2.15. The molecule has 2 N–H and O–H groups in total. The van der Waals surface area contributed by atoms with Crippen LogP contribution in [0.4, 0.5) is 0 Å². The fourth-order valence-corrected chi connectivity index (χ4v) is 3.09. The van der Waals surface area contributed by atoms with Gasteiger partial charge in [0.25, 0.3) is 0 Å². The molecule has 0 aliphatic carbocycles. The second kappa shape index (κ2) is 8.61. The summed E-state index contributed by atoms with van der Waals surface area (Å²) in [5, 5.41) is 4.84. The highest BCUT2D eigenvalue weighted by atomic mass is 32.2. The first kappa shape index (κ1) is 18.9. The zero-order chi connectivity index (χ0) is 18.4. The summed E-state index contributed by atoms with van der Waals surface area (Å²) in [6.45, 7) is 2.80. The number of rotatable bonds is 9. The van der Waals surface area contributed by atoms with Crippen molar-refractivity contribution in [3.05, 3.63) is 34.2 Å². The van der Waals surface area contributed by atoms with Crippen molar-refractivity contribution in [3.63, 3.8) is 0 Å². The van der Waals surface area contributed by atoms with Crippen LogP contribution in [0.5, 0.6) is 11.5 Å². The third-order valence-electron chi connectivity index (χ3n) is 3.46. The molecule has 0 atom stereocenters. The molecular formula is C16H22N4O4S. The number of benzene rings is 1. The molecule has 0 radical (unpaired) electrons. The minimum absolute atomic E-state index is 0.0799. The van der Waals surface area contributed by atoms with Crippen molar-refractivity contribution in [2.75, 3.05) is 20.0 Å². The van der Waals surface area contributed by atoms with Crippen LogP contribution < -0.4 is 20.9 Å². The number of aromatic nitrogens is 3. The van der Waals surface area contributed by atoms with Crippen LogP contribution in [0.25, 0.3) is 0 Å². The Labute approximate surface area is 149 Å². The Bertz CT molecular complexity index is 800. The summed E-state index contributed by atoms with van der Waals surface area (Å²) in [4.78, 5) is 23.6. The monoisotopic (exact) mass is 366 g/mol. The van der Waals surface area contributed by atoms with Crippen molar-refractivity contribution in [1.29, 1.82) is 0 Å². The van der Waals surface area contributed by atoms with E-state index < -0.39 is 5.91 Å². The van der Waals surface area contributed by atoms with Crippen molar-refractivity contribution in [3.8, 4) is 11.5 Å². The van der Waals surface area contributed by atoms with Gasteiger partial charge in [0.2, 0.25) is 5.91 Å². The second-order valence-electron chi connectivity index (χ2n) is 5.32. The summed E-state index contributed by atoms with van der Waals surface area (Å²) in [6.07, 6.45) is 0.784. The van der Waals surface area contributed by atoms with E-state index in [1.807, 2.05) is 13.0 Å². The van der Waals surface area contributed by atoms with Gasteiger partial charge in [0.1, 0.15) is 0 Å². The lowest BCUT2D eigenvalue weighted by Gasteiger charge is -2.09. The van der Waals surface area contributed by atoms with E-state index in [0.29, 0.717) is 29.7 Å². The van der Waals surface area contributed by atoms with Gasteiger partial charge in [0.15, 0.2) is 16.7 Å². The van der Waals surface area contributed by atoms with Crippen LogP contribution in [0.1, 0.15) is 18.9 Å². The molecule has 0 fully saturated rings. The van der Waals surface area contributed by atoms with E-state index in [1.54, 1.807) is 30.9 Å². The number of nitrogens with zero attached hydrogens (tertiary/aromatic N) is 3. The summed E-state index contributed by atoms with van der Waals surface area (Å²) in [6, 6.07) is 5.44. The number of carbonyl (C=O) groups is 1. The molecule has 0 bridgehead atoms. The molecule has 1 heterocycles. The van der Waals surface area contributed by atoms with Crippen LogP contribution in [0.3, 0.4) is 0 Å². The van der Waals surface area contributed by atoms with Gasteiger partial charge in [-0.25, -0.2) is 9.48 Å². The maximum absolute atomic E-state index is 12.6. The van der Waals surface area contributed by atoms with Crippen molar-refractivity contribution in [1.82, 2.24) is 14.3 Å². The van der Waals surface area contributed by atoms with Crippen molar-refractivity contribution < 1.29 is 14.3 Å². The fraction of sp³-hybridized carbons (Fsp3) is 0.438. The third-order valence-corrected chi connectivity index (χ3v) is 4.45. The minimum atomic E-state index is -0.449. The Morgan fingerprint density at radius 2 is 2.00 bits per heavy atom. The van der Waals surface area contributed by atoms with Gasteiger partial charge >= 0.3 is 5.69 Å². The van der Waals surface area contributed by atoms with Gasteiger partial charge in [-0.3, -0.25) is 9.36 Å². The number of nitrogens with two attached hydrogens (primary N) is 1. The Morgan fingerprint density at radius 1 is 1.28 bits per heavy atom. The number of amides is 1. The number of primary amides is 1. The summed E-state index contributed by atoms with van der Waals surface area (Å²) >= 11 is 1.17. The zero-order valence-electron chi connectivity index (χ0n) is 14.5. The predicted molar refractivity (Wildman–Crippen MR) is 95.3 cm³/mol. The molecule has 1 aromatic carbocycles. The van der Waals surface area contributed by atoms with Gasteiger partial charge in [0, 0.05) is 6.54 Å². The maximum atomic E-state index is 12.6. The number of methoxy groups -OCH3 is 2. The third kappa shape index (κ3) is 4.56. The molecule has 2 rings (SSSR count). The van der Waals surface area contributed by atoms with Crippen LogP contribution in [-0.2, 0) is 17.9 Å². The molecular weight excluding hydrogens is 344 g/mol. The molecule has 136 valence electrons. The highest BCUT2D eigenvalue weighted by molar-refractivity contribution is 7.99. The molecule has 0 aliphatic rings. The normalized spacial score (nSPS) is 10.7. The minimum Gasteiger partial charge on any atom is -0.493 e. The molecule has 0 aliphatic heterocycles. The van der Waals surface area contributed by atoms with E-state index in [-0.39, 0.29) is 11.4 Å². The largest absolute Gasteiger partial charge is 0.493 e. The SMILES string of the molecule is CCCn1c(SCC(N)=O)nn(Cc2ccc(OC)c(OC)c2)c1=O. The lowest BCUT2D eigenvalue weighted by atomic mass is 10.2. The number of hydrogen-bond acceptors (Lipinski definition) is 6. The van der Waals surface area contributed by atoms with E-state index in [0.717, 1.165) is 12.0 Å². The topological polar surface area (TPSA) is 101 Å². The second-order valence-corrected chi connectivity index (χ2v) is 6.26. The van der Waals surface area contributed by atoms with Crippen molar-refractivity contribution >= 4 is 17.7 Å². The smallest absolute Gasteiger partial charge is 0.346 e. The van der Waals surface area contributed by atoms with E-state index >= 15 is 0 Å². The molecule has 0 unspecified atom stereocenters. The molecule has 25 heavy (non-hydrogen) atoms. The average Bonchev–Trinajstić information content (AvgIpc) is 2.89. The summed E-state index contributed by atoms with van der Waals surface area (Å²) in [7, 11) is 3.12. The molecule has 1 aromatic heterocycles. The number of hydrogen-bond donors (Lipinski definition) is 1. The summed E-state index contributed by atoms with van der Waals surface area (Å²) in [5.41, 5.74) is 5.82. The zero-order valence-corrected chi connectivity index (χ0v) is 15.3. The Balaban J connectivity index is 2.31. The van der Waals surface area contributed by atoms with Crippen molar-refractivity contribution in [2.24, 2.45) is 5.73 Å². The van der Waals surface area contributed by atoms with Gasteiger partial charge in [-0.1, -0.05) is 24.8 Å². The molecule has 0 saturated heterocycles. The van der Waals surface area contributed by atoms with Crippen LogP contribution in [0.15, 0.2) is 28.2 Å². The van der Waals surface area contributed by atoms with E-state index in [2.05, 4.69) is 5.10 Å². The molecule has 0 spiro atoms. The van der Waals surface area contributed by atoms with Gasteiger partial charge in [0.05, 0.1) is 26.5 Å². The fourth-order valence-electron chi connectivity index (χ4n) is 2.33. The lowest BCUT2D eigenvalue weighted by molar-refractivity contribution is -0.115. The quantitative estimate of drug-likeness (QED) is 0.667. The van der Waals surface area contributed by atoms with E-state index in [1.165, 1.54) is 16.4 Å². The van der Waals surface area contributed by atoms with Gasteiger partial charge in [-0.2, -0.15) is 0 Å². The molecule has 0 saturated carbocycles. The maximum Gasteiger partial charge on any atom is 0.346 e. The molecule has 9 heteroatoms. The van der Waals surface area contributed by atoms with Crippen LogP contribution in [-0.4, -0.2) is 40.2 Å². The van der Waals surface area contributed by atoms with Crippen LogP contribution in [0, 0.1) is 0 Å². The summed E-state index contributed by atoms with van der Waals surface area (Å²) in [5.74, 6) is 0.836. The highest BCUT2D eigenvalue weighted by Crippen LogP contribution is 2.27. The van der Waals surface area contributed by atoms with Gasteiger partial charge < -0.3 is 15.2 Å². The van der Waals surface area contributed by atoms with E-state index in [4.69, 9.17) is 15.2 Å². The molecule has 1 amide bonds. The van der Waals surface area contributed by atoms with Crippen LogP contribution >= 0.6 is 11.8 Å². The molecule has 8 nitrogen and oxygen atoms in total. The number of carbonyl (C=O) groups excluding carboxylic acids is 1. The first-order valence-corrected chi connectivity index (χ1v) is 8.78. The van der Waals surface area contributed by atoms with Crippen LogP contribution in [0.2, 0.25) is 0 Å². The predicted octanol–water partition coefficient (Wildman–Crippen LogP) is 1.10. The number of ether oxygens (including phenoxy) is 2.